The van der Waals surface area contributed by atoms with Crippen LogP contribution in [0.4, 0.5) is 0 Å². The lowest BCUT2D eigenvalue weighted by Gasteiger charge is -2.11. The molecule has 0 saturated carbocycles. The van der Waals surface area contributed by atoms with Gasteiger partial charge in [0, 0.05) is 53.1 Å². The number of thiophene rings is 1. The van der Waals surface area contributed by atoms with Gasteiger partial charge in [0.1, 0.15) is 0 Å². The van der Waals surface area contributed by atoms with E-state index >= 15 is 0 Å². The number of benzene rings is 7. The number of aromatic nitrogens is 2. The number of hydrogen-bond acceptors (Lipinski definition) is 1. The number of para-hydroxylation sites is 2. The quantitative estimate of drug-likeness (QED) is 0.194. The van der Waals surface area contributed by atoms with E-state index < -0.39 is 0 Å². The fraction of sp³-hybridized carbons (Fsp3) is 0. The van der Waals surface area contributed by atoms with Crippen molar-refractivity contribution < 1.29 is 0 Å². The number of hydrogen-bond donors (Lipinski definition) is 0. The van der Waals surface area contributed by atoms with Crippen LogP contribution in [0.15, 0.2) is 158 Å². The Morgan fingerprint density at radius 2 is 0.956 bits per heavy atom. The van der Waals surface area contributed by atoms with Gasteiger partial charge in [-0.15, -0.1) is 11.3 Å². The molecule has 0 aliphatic rings. The van der Waals surface area contributed by atoms with Gasteiger partial charge in [-0.3, -0.25) is 0 Å². The smallest absolute Gasteiger partial charge is 0.0555 e. The zero-order valence-electron chi connectivity index (χ0n) is 24.3. The summed E-state index contributed by atoms with van der Waals surface area (Å²) in [5.41, 5.74) is 9.68. The second-order valence-corrected chi connectivity index (χ2v) is 12.8. The second kappa shape index (κ2) is 9.43. The van der Waals surface area contributed by atoms with E-state index in [1.165, 1.54) is 86.3 Å². The molecule has 0 fully saturated rings. The standard InChI is InChI=1S/C42H26N2S/c1-2-11-27(12-3-1)28-13-10-14-29(25-28)44-38-23-21-30(43-36-18-7-4-15-31(36)32-16-5-8-19-37(32)43)26-35(38)41-39(44)24-22-34-33-17-6-9-20-40(33)45-42(34)41/h1-26H. The zero-order chi connectivity index (χ0) is 29.5. The fourth-order valence-corrected chi connectivity index (χ4v) is 8.61. The van der Waals surface area contributed by atoms with E-state index in [-0.39, 0.29) is 0 Å². The zero-order valence-corrected chi connectivity index (χ0v) is 25.1. The van der Waals surface area contributed by atoms with Gasteiger partial charge >= 0.3 is 0 Å². The van der Waals surface area contributed by atoms with Crippen molar-refractivity contribution in [2.45, 2.75) is 0 Å². The van der Waals surface area contributed by atoms with Crippen LogP contribution in [0.25, 0.3) is 86.3 Å². The van der Waals surface area contributed by atoms with E-state index in [1.807, 2.05) is 11.3 Å². The fourth-order valence-electron chi connectivity index (χ4n) is 7.35. The van der Waals surface area contributed by atoms with Gasteiger partial charge in [0.25, 0.3) is 0 Å². The van der Waals surface area contributed by atoms with Crippen LogP contribution in [0.1, 0.15) is 0 Å². The highest BCUT2D eigenvalue weighted by molar-refractivity contribution is 7.26. The summed E-state index contributed by atoms with van der Waals surface area (Å²) >= 11 is 1.90. The maximum atomic E-state index is 2.45. The van der Waals surface area contributed by atoms with Crippen molar-refractivity contribution in [2.75, 3.05) is 0 Å². The average Bonchev–Trinajstić information content (AvgIpc) is 3.76. The summed E-state index contributed by atoms with van der Waals surface area (Å²) in [4.78, 5) is 0. The van der Waals surface area contributed by atoms with Gasteiger partial charge in [-0.1, -0.05) is 103 Å². The van der Waals surface area contributed by atoms with E-state index in [1.54, 1.807) is 0 Å². The van der Waals surface area contributed by atoms with Crippen LogP contribution >= 0.6 is 11.3 Å². The van der Waals surface area contributed by atoms with Gasteiger partial charge in [-0.05, 0) is 65.7 Å². The molecule has 0 atom stereocenters. The predicted octanol–water partition coefficient (Wildman–Crippen LogP) is 11.9. The van der Waals surface area contributed by atoms with Crippen molar-refractivity contribution in [3.63, 3.8) is 0 Å². The first kappa shape index (κ1) is 24.8. The first-order valence-corrected chi connectivity index (χ1v) is 16.2. The van der Waals surface area contributed by atoms with Crippen molar-refractivity contribution in [3.8, 4) is 22.5 Å². The molecule has 0 aliphatic heterocycles. The minimum absolute atomic E-state index is 1.17. The lowest BCUT2D eigenvalue weighted by molar-refractivity contribution is 1.17. The summed E-state index contributed by atoms with van der Waals surface area (Å²) in [7, 11) is 0. The highest BCUT2D eigenvalue weighted by Gasteiger charge is 2.20. The van der Waals surface area contributed by atoms with E-state index in [9.17, 15) is 0 Å². The van der Waals surface area contributed by atoms with Crippen LogP contribution in [0.5, 0.6) is 0 Å². The topological polar surface area (TPSA) is 9.86 Å². The Kier molecular flexibility index (Phi) is 5.19. The Morgan fingerprint density at radius 1 is 0.356 bits per heavy atom. The molecule has 0 saturated heterocycles. The van der Waals surface area contributed by atoms with E-state index in [4.69, 9.17) is 0 Å². The molecule has 0 N–H and O–H groups in total. The molecule has 10 aromatic rings. The third-order valence-corrected chi connectivity index (χ3v) is 10.5. The Labute approximate surface area is 263 Å². The van der Waals surface area contributed by atoms with Crippen molar-refractivity contribution in [1.29, 1.82) is 0 Å². The van der Waals surface area contributed by atoms with Gasteiger partial charge in [-0.2, -0.15) is 0 Å². The van der Waals surface area contributed by atoms with Crippen LogP contribution in [0.2, 0.25) is 0 Å². The Balaban J connectivity index is 1.33. The van der Waals surface area contributed by atoms with Crippen molar-refractivity contribution >= 4 is 75.1 Å². The molecular formula is C42H26N2S. The highest BCUT2D eigenvalue weighted by atomic mass is 32.1. The molecule has 3 heteroatoms. The average molecular weight is 591 g/mol. The lowest BCUT2D eigenvalue weighted by Crippen LogP contribution is -1.96. The van der Waals surface area contributed by atoms with Gasteiger partial charge in [0.2, 0.25) is 0 Å². The Hall–Kier alpha value is -5.64. The molecule has 10 rings (SSSR count). The van der Waals surface area contributed by atoms with Gasteiger partial charge in [-0.25, -0.2) is 0 Å². The molecule has 0 unspecified atom stereocenters. The molecule has 0 amide bonds. The molecule has 0 spiro atoms. The number of rotatable bonds is 3. The Bertz CT molecular complexity index is 2710. The normalized spacial score (nSPS) is 12.0. The summed E-state index contributed by atoms with van der Waals surface area (Å²) < 4.78 is 7.55. The molecule has 2 nitrogen and oxygen atoms in total. The summed E-state index contributed by atoms with van der Waals surface area (Å²) in [6, 6.07) is 57.6. The SMILES string of the molecule is c1ccc(-c2cccc(-n3c4ccc(-n5c6ccccc6c6ccccc65)cc4c4c5sc6ccccc6c5ccc43)c2)cc1. The van der Waals surface area contributed by atoms with Gasteiger partial charge in [0.05, 0.1) is 22.1 Å². The molecule has 7 aromatic carbocycles. The maximum absolute atomic E-state index is 2.45. The van der Waals surface area contributed by atoms with Crippen LogP contribution in [-0.4, -0.2) is 9.13 Å². The van der Waals surface area contributed by atoms with Crippen molar-refractivity contribution in [1.82, 2.24) is 9.13 Å². The molecule has 3 aromatic heterocycles. The van der Waals surface area contributed by atoms with Crippen LogP contribution < -0.4 is 0 Å². The monoisotopic (exact) mass is 590 g/mol. The molecule has 0 radical (unpaired) electrons. The molecule has 0 bridgehead atoms. The maximum Gasteiger partial charge on any atom is 0.0555 e. The minimum Gasteiger partial charge on any atom is -0.309 e. The predicted molar refractivity (Wildman–Crippen MR) is 193 cm³/mol. The summed E-state index contributed by atoms with van der Waals surface area (Å²) in [5.74, 6) is 0. The van der Waals surface area contributed by atoms with Crippen molar-refractivity contribution in [3.05, 3.63) is 158 Å². The van der Waals surface area contributed by atoms with Gasteiger partial charge < -0.3 is 9.13 Å². The summed E-state index contributed by atoms with van der Waals surface area (Å²) in [6.45, 7) is 0. The van der Waals surface area contributed by atoms with Crippen LogP contribution in [-0.2, 0) is 0 Å². The third kappa shape index (κ3) is 3.56. The molecule has 45 heavy (non-hydrogen) atoms. The van der Waals surface area contributed by atoms with E-state index in [0.717, 1.165) is 0 Å². The second-order valence-electron chi connectivity index (χ2n) is 11.8. The van der Waals surface area contributed by atoms with Crippen molar-refractivity contribution in [2.24, 2.45) is 0 Å². The van der Waals surface area contributed by atoms with E-state index in [2.05, 4.69) is 167 Å². The first-order valence-electron chi connectivity index (χ1n) is 15.4. The molecule has 0 aliphatic carbocycles. The number of fused-ring (bicyclic) bond motifs is 10. The summed E-state index contributed by atoms with van der Waals surface area (Å²) in [6.07, 6.45) is 0. The molecular weight excluding hydrogens is 565 g/mol. The lowest BCUT2D eigenvalue weighted by atomic mass is 10.1. The largest absolute Gasteiger partial charge is 0.309 e. The third-order valence-electron chi connectivity index (χ3n) is 9.31. The summed E-state index contributed by atoms with van der Waals surface area (Å²) in [5, 5.41) is 7.79. The van der Waals surface area contributed by atoms with Gasteiger partial charge in [0.15, 0.2) is 0 Å². The molecule has 210 valence electrons. The van der Waals surface area contributed by atoms with Crippen LogP contribution in [0.3, 0.4) is 0 Å². The highest BCUT2D eigenvalue weighted by Crippen LogP contribution is 2.44. The minimum atomic E-state index is 1.17. The Morgan fingerprint density at radius 3 is 1.76 bits per heavy atom. The first-order chi connectivity index (χ1) is 22.3. The molecule has 3 heterocycles. The van der Waals surface area contributed by atoms with Crippen LogP contribution in [0, 0.1) is 0 Å². The number of nitrogens with zero attached hydrogens (tertiary/aromatic N) is 2. The van der Waals surface area contributed by atoms with E-state index in [0.29, 0.717) is 0 Å².